The molecule has 25 heavy (non-hydrogen) atoms. The maximum absolute atomic E-state index is 14.4. The van der Waals surface area contributed by atoms with Gasteiger partial charge >= 0.3 is 0 Å². The molecule has 0 aliphatic carbocycles. The number of benzene rings is 3. The Hall–Kier alpha value is -2.40. The summed E-state index contributed by atoms with van der Waals surface area (Å²) in [7, 11) is 3.00. The van der Waals surface area contributed by atoms with Gasteiger partial charge in [0, 0.05) is 32.8 Å². The SMILES string of the molecule is COc1cc(OC)c(-c2cc(Br)ccc2F)cc1-c1ccccc1F. The predicted octanol–water partition coefficient (Wildman–Crippen LogP) is 6.08. The molecule has 0 unspecified atom stereocenters. The van der Waals surface area contributed by atoms with Crippen molar-refractivity contribution in [2.24, 2.45) is 0 Å². The monoisotopic (exact) mass is 404 g/mol. The molecule has 0 aliphatic heterocycles. The molecule has 0 fully saturated rings. The van der Waals surface area contributed by atoms with Gasteiger partial charge in [0.15, 0.2) is 0 Å². The highest BCUT2D eigenvalue weighted by atomic mass is 79.9. The largest absolute Gasteiger partial charge is 0.496 e. The van der Waals surface area contributed by atoms with Crippen LogP contribution in [0.3, 0.4) is 0 Å². The standard InChI is InChI=1S/C20H15BrF2O2/c1-24-19-11-20(25-2)16(14-9-12(21)7-8-18(14)23)10-15(19)13-5-3-4-6-17(13)22/h3-11H,1-2H3. The van der Waals surface area contributed by atoms with Crippen LogP contribution in [0.15, 0.2) is 59.1 Å². The number of halogens is 3. The van der Waals surface area contributed by atoms with Crippen molar-refractivity contribution in [3.63, 3.8) is 0 Å². The first kappa shape index (κ1) is 17.4. The Morgan fingerprint density at radius 2 is 1.28 bits per heavy atom. The quantitative estimate of drug-likeness (QED) is 0.524. The first-order valence-corrected chi connectivity index (χ1v) is 8.30. The van der Waals surface area contributed by atoms with Crippen molar-refractivity contribution < 1.29 is 18.3 Å². The Bertz CT molecular complexity index is 926. The molecule has 128 valence electrons. The van der Waals surface area contributed by atoms with Gasteiger partial charge in [0.2, 0.25) is 0 Å². The van der Waals surface area contributed by atoms with Gasteiger partial charge in [-0.15, -0.1) is 0 Å². The Balaban J connectivity index is 2.31. The van der Waals surface area contributed by atoms with Gasteiger partial charge in [-0.3, -0.25) is 0 Å². The van der Waals surface area contributed by atoms with Gasteiger partial charge in [0.05, 0.1) is 14.2 Å². The summed E-state index contributed by atoms with van der Waals surface area (Å²) in [5.74, 6) is 0.104. The van der Waals surface area contributed by atoms with Crippen LogP contribution in [0.4, 0.5) is 8.78 Å². The lowest BCUT2D eigenvalue weighted by molar-refractivity contribution is 0.396. The summed E-state index contributed by atoms with van der Waals surface area (Å²) in [5, 5.41) is 0. The zero-order valence-corrected chi connectivity index (χ0v) is 15.2. The molecule has 0 bridgehead atoms. The van der Waals surface area contributed by atoms with Gasteiger partial charge in [-0.25, -0.2) is 8.78 Å². The number of methoxy groups -OCH3 is 2. The summed E-state index contributed by atoms with van der Waals surface area (Å²) in [5.41, 5.74) is 1.77. The first-order chi connectivity index (χ1) is 12.0. The molecule has 3 aromatic carbocycles. The summed E-state index contributed by atoms with van der Waals surface area (Å²) in [6, 6.07) is 14.3. The second-order valence-electron chi connectivity index (χ2n) is 5.36. The van der Waals surface area contributed by atoms with Gasteiger partial charge in [-0.1, -0.05) is 34.1 Å². The molecule has 0 saturated carbocycles. The van der Waals surface area contributed by atoms with Crippen LogP contribution in [0.1, 0.15) is 0 Å². The maximum atomic E-state index is 14.4. The van der Waals surface area contributed by atoms with Gasteiger partial charge in [-0.2, -0.15) is 0 Å². The first-order valence-electron chi connectivity index (χ1n) is 7.51. The lowest BCUT2D eigenvalue weighted by atomic mass is 9.96. The van der Waals surface area contributed by atoms with Crippen LogP contribution in [0.5, 0.6) is 11.5 Å². The third kappa shape index (κ3) is 3.37. The molecule has 0 heterocycles. The van der Waals surface area contributed by atoms with Gasteiger partial charge in [0.25, 0.3) is 0 Å². The van der Waals surface area contributed by atoms with Crippen molar-refractivity contribution in [3.8, 4) is 33.8 Å². The summed E-state index contributed by atoms with van der Waals surface area (Å²) >= 11 is 3.35. The number of ether oxygens (including phenoxy) is 2. The van der Waals surface area contributed by atoms with Crippen molar-refractivity contribution in [2.75, 3.05) is 14.2 Å². The van der Waals surface area contributed by atoms with E-state index in [9.17, 15) is 8.78 Å². The summed E-state index contributed by atoms with van der Waals surface area (Å²) in [6.07, 6.45) is 0. The second-order valence-corrected chi connectivity index (χ2v) is 6.27. The highest BCUT2D eigenvalue weighted by Crippen LogP contribution is 2.42. The molecule has 2 nitrogen and oxygen atoms in total. The lowest BCUT2D eigenvalue weighted by Crippen LogP contribution is -1.96. The van der Waals surface area contributed by atoms with Crippen LogP contribution in [-0.4, -0.2) is 14.2 Å². The molecule has 0 saturated heterocycles. The molecule has 0 N–H and O–H groups in total. The average Bonchev–Trinajstić information content (AvgIpc) is 2.63. The van der Waals surface area contributed by atoms with E-state index in [1.165, 1.54) is 26.4 Å². The molecule has 0 spiro atoms. The number of hydrogen-bond acceptors (Lipinski definition) is 2. The molecule has 0 radical (unpaired) electrons. The molecule has 0 atom stereocenters. The van der Waals surface area contributed by atoms with Crippen LogP contribution in [0, 0.1) is 11.6 Å². The van der Waals surface area contributed by atoms with Crippen LogP contribution in [-0.2, 0) is 0 Å². The van der Waals surface area contributed by atoms with Crippen molar-refractivity contribution >= 4 is 15.9 Å². The van der Waals surface area contributed by atoms with E-state index >= 15 is 0 Å². The summed E-state index contributed by atoms with van der Waals surface area (Å²) in [6.45, 7) is 0. The molecule has 0 aliphatic rings. The molecular formula is C20H15BrF2O2. The minimum absolute atomic E-state index is 0.353. The predicted molar refractivity (Wildman–Crippen MR) is 98.0 cm³/mol. The smallest absolute Gasteiger partial charge is 0.131 e. The molecular weight excluding hydrogens is 390 g/mol. The van der Waals surface area contributed by atoms with Crippen LogP contribution in [0.2, 0.25) is 0 Å². The molecule has 3 aromatic rings. The second kappa shape index (κ2) is 7.23. The Labute approximate surface area is 153 Å². The highest BCUT2D eigenvalue weighted by molar-refractivity contribution is 9.10. The summed E-state index contributed by atoms with van der Waals surface area (Å²) < 4.78 is 40.2. The van der Waals surface area contributed by atoms with E-state index in [1.807, 2.05) is 0 Å². The minimum atomic E-state index is -0.397. The fourth-order valence-corrected chi connectivity index (χ4v) is 3.06. The van der Waals surface area contributed by atoms with Crippen molar-refractivity contribution in [3.05, 3.63) is 70.7 Å². The van der Waals surface area contributed by atoms with Crippen molar-refractivity contribution in [2.45, 2.75) is 0 Å². The third-order valence-corrected chi connectivity index (χ3v) is 4.40. The van der Waals surface area contributed by atoms with Crippen molar-refractivity contribution in [1.82, 2.24) is 0 Å². The van der Waals surface area contributed by atoms with E-state index in [0.717, 1.165) is 4.47 Å². The van der Waals surface area contributed by atoms with E-state index in [1.54, 1.807) is 42.5 Å². The maximum Gasteiger partial charge on any atom is 0.131 e. The van der Waals surface area contributed by atoms with Gasteiger partial charge < -0.3 is 9.47 Å². The summed E-state index contributed by atoms with van der Waals surface area (Å²) in [4.78, 5) is 0. The average molecular weight is 405 g/mol. The van der Waals surface area contributed by atoms with E-state index in [-0.39, 0.29) is 5.82 Å². The minimum Gasteiger partial charge on any atom is -0.496 e. The molecule has 5 heteroatoms. The number of hydrogen-bond donors (Lipinski definition) is 0. The van der Waals surface area contributed by atoms with Gasteiger partial charge in [0.1, 0.15) is 23.1 Å². The molecule has 0 amide bonds. The van der Waals surface area contributed by atoms with Crippen molar-refractivity contribution in [1.29, 1.82) is 0 Å². The van der Waals surface area contributed by atoms with Crippen LogP contribution in [0.25, 0.3) is 22.3 Å². The number of rotatable bonds is 4. The van der Waals surface area contributed by atoms with Gasteiger partial charge in [-0.05, 0) is 30.3 Å². The molecule has 0 aromatic heterocycles. The Kier molecular flexibility index (Phi) is 5.04. The normalized spacial score (nSPS) is 10.6. The van der Waals surface area contributed by atoms with E-state index in [4.69, 9.17) is 9.47 Å². The zero-order chi connectivity index (χ0) is 18.0. The molecule has 3 rings (SSSR count). The van der Waals surface area contributed by atoms with E-state index in [0.29, 0.717) is 33.8 Å². The Morgan fingerprint density at radius 1 is 0.680 bits per heavy atom. The fraction of sp³-hybridized carbons (Fsp3) is 0.100. The van der Waals surface area contributed by atoms with E-state index in [2.05, 4.69) is 15.9 Å². The van der Waals surface area contributed by atoms with E-state index < -0.39 is 5.82 Å². The highest BCUT2D eigenvalue weighted by Gasteiger charge is 2.18. The third-order valence-electron chi connectivity index (χ3n) is 3.90. The fourth-order valence-electron chi connectivity index (χ4n) is 2.70. The topological polar surface area (TPSA) is 18.5 Å². The van der Waals surface area contributed by atoms with Crippen LogP contribution < -0.4 is 9.47 Å². The van der Waals surface area contributed by atoms with Crippen LogP contribution >= 0.6 is 15.9 Å². The lowest BCUT2D eigenvalue weighted by Gasteiger charge is -2.16. The zero-order valence-electron chi connectivity index (χ0n) is 13.6. The Morgan fingerprint density at radius 3 is 1.92 bits per heavy atom.